The fraction of sp³-hybridized carbons (Fsp3) is 0.231. The Labute approximate surface area is 257 Å². The molecule has 0 atom stereocenters. The number of ether oxygens (including phenoxy) is 3. The van der Waals surface area contributed by atoms with Gasteiger partial charge in [0.25, 0.3) is 11.8 Å². The number of methoxy groups -OCH3 is 1. The molecule has 0 bridgehead atoms. The van der Waals surface area contributed by atoms with Gasteiger partial charge in [-0.25, -0.2) is 4.39 Å². The third kappa shape index (κ3) is 7.88. The lowest BCUT2D eigenvalue weighted by atomic mass is 9.93. The first-order valence-corrected chi connectivity index (χ1v) is 12.6. The molecule has 0 unspecified atom stereocenters. The molecule has 0 aromatic heterocycles. The van der Waals surface area contributed by atoms with Crippen molar-refractivity contribution < 1.29 is 76.5 Å². The van der Waals surface area contributed by atoms with Crippen molar-refractivity contribution in [3.63, 3.8) is 0 Å². The zero-order valence-corrected chi connectivity index (χ0v) is 23.8. The van der Waals surface area contributed by atoms with Gasteiger partial charge in [-0.05, 0) is 64.5 Å². The highest BCUT2D eigenvalue weighted by Gasteiger charge is 2.73. The summed E-state index contributed by atoms with van der Waals surface area (Å²) in [5.74, 6) is -4.77. The first kappa shape index (κ1) is 36.1. The molecule has 3 rings (SSSR count). The second kappa shape index (κ2) is 13.2. The molecule has 3 aromatic rings. The van der Waals surface area contributed by atoms with Crippen LogP contribution in [0, 0.1) is 0 Å². The number of carbonyl (C=O) groups excluding carboxylic acids is 2. The van der Waals surface area contributed by atoms with Gasteiger partial charge in [0.2, 0.25) is 0 Å². The maximum Gasteiger partial charge on any atom is 0.573 e. The summed E-state index contributed by atoms with van der Waals surface area (Å²) in [7, 11) is 1.01. The first-order chi connectivity index (χ1) is 21.1. The molecule has 0 saturated heterocycles. The van der Waals surface area contributed by atoms with Crippen LogP contribution in [0.15, 0.2) is 59.1 Å². The lowest BCUT2D eigenvalue weighted by Crippen LogP contribution is -2.50. The predicted octanol–water partition coefficient (Wildman–Crippen LogP) is 8.75. The van der Waals surface area contributed by atoms with Gasteiger partial charge in [0.05, 0.1) is 24.0 Å². The Morgan fingerprint density at radius 1 is 0.804 bits per heavy atom. The number of anilines is 2. The summed E-state index contributed by atoms with van der Waals surface area (Å²) in [5.41, 5.74) is -10.1. The highest BCUT2D eigenvalue weighted by atomic mass is 79.9. The molecule has 0 fully saturated rings. The quantitative estimate of drug-likeness (QED) is 0.214. The van der Waals surface area contributed by atoms with E-state index >= 15 is 0 Å². The van der Waals surface area contributed by atoms with Crippen LogP contribution in [0.4, 0.5) is 64.1 Å². The normalized spacial score (nSPS) is 12.5. The third-order valence-electron chi connectivity index (χ3n) is 5.75. The van der Waals surface area contributed by atoms with Crippen molar-refractivity contribution >= 4 is 39.1 Å². The summed E-state index contributed by atoms with van der Waals surface area (Å²) in [4.78, 5) is 25.8. The second-order valence-corrected chi connectivity index (χ2v) is 9.58. The molecular formula is C26H15BrF12N2O5. The highest BCUT2D eigenvalue weighted by molar-refractivity contribution is 9.10. The molecule has 0 aliphatic rings. The Kier molecular flexibility index (Phi) is 10.3. The molecule has 20 heteroatoms. The Bertz CT molecular complexity index is 1580. The van der Waals surface area contributed by atoms with E-state index in [-0.39, 0.29) is 23.4 Å². The molecule has 0 saturated carbocycles. The molecular weight excluding hydrogens is 728 g/mol. The zero-order valence-electron chi connectivity index (χ0n) is 22.2. The summed E-state index contributed by atoms with van der Waals surface area (Å²) < 4.78 is 170. The van der Waals surface area contributed by atoms with Crippen molar-refractivity contribution in [3.05, 3.63) is 75.8 Å². The molecule has 0 aliphatic heterocycles. The number of alkyl halides is 12. The minimum Gasteiger partial charge on any atom is -0.494 e. The van der Waals surface area contributed by atoms with E-state index < -0.39 is 81.3 Å². The van der Waals surface area contributed by atoms with Crippen molar-refractivity contribution in [2.24, 2.45) is 0 Å². The average molecular weight is 743 g/mol. The molecule has 3 aromatic carbocycles. The summed E-state index contributed by atoms with van der Waals surface area (Å²) in [5, 5.41) is 4.25. The van der Waals surface area contributed by atoms with E-state index in [0.717, 1.165) is 43.5 Å². The van der Waals surface area contributed by atoms with Gasteiger partial charge in [-0.15, -0.1) is 13.2 Å². The molecule has 7 nitrogen and oxygen atoms in total. The van der Waals surface area contributed by atoms with Gasteiger partial charge in [-0.2, -0.15) is 35.1 Å². The van der Waals surface area contributed by atoms with Gasteiger partial charge in [0.1, 0.15) is 5.75 Å². The van der Waals surface area contributed by atoms with Crippen LogP contribution in [-0.2, 0) is 5.67 Å². The largest absolute Gasteiger partial charge is 0.573 e. The van der Waals surface area contributed by atoms with E-state index in [2.05, 4.69) is 30.7 Å². The van der Waals surface area contributed by atoms with Crippen LogP contribution in [-0.4, -0.2) is 44.3 Å². The van der Waals surface area contributed by atoms with Crippen molar-refractivity contribution in [3.8, 4) is 17.2 Å². The fourth-order valence-electron chi connectivity index (χ4n) is 3.80. The summed E-state index contributed by atoms with van der Waals surface area (Å²) >= 11 is 2.54. The van der Waals surface area contributed by atoms with Crippen molar-refractivity contribution in [1.29, 1.82) is 0 Å². The highest BCUT2D eigenvalue weighted by Crippen LogP contribution is 2.55. The Morgan fingerprint density at radius 3 is 1.89 bits per heavy atom. The van der Waals surface area contributed by atoms with Gasteiger partial charge >= 0.3 is 31.0 Å². The Balaban J connectivity index is 1.98. The van der Waals surface area contributed by atoms with Crippen molar-refractivity contribution in [1.82, 2.24) is 0 Å². The van der Waals surface area contributed by atoms with Crippen LogP contribution in [0.2, 0.25) is 0 Å². The number of halogens is 13. The number of hydrogen-bond acceptors (Lipinski definition) is 5. The SMILES string of the molecule is COc1c(NC(=O)c2ccc(OC(F)(F)F)cc2)cccc1C(=O)Nc1c(Br)cc(C(F)(C(F)(F)F)C(F)(F)F)cc1OC(F)F. The third-order valence-corrected chi connectivity index (χ3v) is 6.38. The van der Waals surface area contributed by atoms with E-state index in [1.165, 1.54) is 6.07 Å². The van der Waals surface area contributed by atoms with E-state index in [9.17, 15) is 62.3 Å². The second-order valence-electron chi connectivity index (χ2n) is 8.73. The Hall–Kier alpha value is -4.36. The minimum absolute atomic E-state index is 0.0478. The van der Waals surface area contributed by atoms with Crippen molar-refractivity contribution in [2.75, 3.05) is 17.7 Å². The van der Waals surface area contributed by atoms with Gasteiger partial charge in [-0.1, -0.05) is 6.07 Å². The predicted molar refractivity (Wildman–Crippen MR) is 138 cm³/mol. The molecule has 0 radical (unpaired) electrons. The summed E-state index contributed by atoms with van der Waals surface area (Å²) in [6.45, 7) is -3.87. The lowest BCUT2D eigenvalue weighted by molar-refractivity contribution is -0.348. The maximum absolute atomic E-state index is 14.6. The maximum atomic E-state index is 14.6. The summed E-state index contributed by atoms with van der Waals surface area (Å²) in [6, 6.07) is 6.64. The van der Waals surface area contributed by atoms with Crippen LogP contribution in [0.3, 0.4) is 0 Å². The van der Waals surface area contributed by atoms with Crippen LogP contribution < -0.4 is 24.8 Å². The summed E-state index contributed by atoms with van der Waals surface area (Å²) in [6.07, 6.45) is -18.2. The molecule has 2 amide bonds. The lowest BCUT2D eigenvalue weighted by Gasteiger charge is -2.31. The molecule has 0 heterocycles. The average Bonchev–Trinajstić information content (AvgIpc) is 2.92. The van der Waals surface area contributed by atoms with Crippen LogP contribution >= 0.6 is 15.9 Å². The number of hydrogen-bond donors (Lipinski definition) is 2. The van der Waals surface area contributed by atoms with Crippen LogP contribution in [0.25, 0.3) is 0 Å². The molecule has 250 valence electrons. The number of nitrogens with one attached hydrogen (secondary N) is 2. The van der Waals surface area contributed by atoms with Gasteiger partial charge in [0, 0.05) is 15.6 Å². The van der Waals surface area contributed by atoms with E-state index in [1.54, 1.807) is 0 Å². The smallest absolute Gasteiger partial charge is 0.494 e. The standard InChI is InChI=1S/C26H15BrF12N2O5/c1-44-19-14(3-2-4-16(19)40-20(42)11-5-7-13(8-6-11)46-26(37,38)39)21(43)41-18-15(27)9-12(10-17(18)45-22(28)29)23(30,24(31,32)33)25(34,35)36/h2-10,22H,1H3,(H,40,42)(H,41,43). The first-order valence-electron chi connectivity index (χ1n) is 11.9. The zero-order chi connectivity index (χ0) is 34.8. The number of rotatable bonds is 9. The number of para-hydroxylation sites is 1. The van der Waals surface area contributed by atoms with E-state index in [4.69, 9.17) is 4.74 Å². The van der Waals surface area contributed by atoms with E-state index in [1.807, 2.05) is 5.32 Å². The minimum atomic E-state index is -6.60. The van der Waals surface area contributed by atoms with Crippen LogP contribution in [0.1, 0.15) is 26.3 Å². The number of carbonyl (C=O) groups is 2. The van der Waals surface area contributed by atoms with Crippen molar-refractivity contribution in [2.45, 2.75) is 31.0 Å². The fourth-order valence-corrected chi connectivity index (χ4v) is 4.34. The number of amides is 2. The van der Waals surface area contributed by atoms with E-state index in [0.29, 0.717) is 0 Å². The molecule has 0 aliphatic carbocycles. The molecule has 0 spiro atoms. The van der Waals surface area contributed by atoms with Gasteiger partial charge < -0.3 is 24.8 Å². The van der Waals surface area contributed by atoms with Crippen LogP contribution in [0.5, 0.6) is 17.2 Å². The molecule has 2 N–H and O–H groups in total. The molecule has 46 heavy (non-hydrogen) atoms. The Morgan fingerprint density at radius 2 is 1.39 bits per heavy atom. The topological polar surface area (TPSA) is 85.9 Å². The van der Waals surface area contributed by atoms with Gasteiger partial charge in [-0.3, -0.25) is 9.59 Å². The monoisotopic (exact) mass is 742 g/mol. The van der Waals surface area contributed by atoms with Gasteiger partial charge in [0.15, 0.2) is 11.5 Å². The number of benzene rings is 3.